The van der Waals surface area contributed by atoms with Crippen molar-refractivity contribution in [1.29, 1.82) is 0 Å². The largest absolute Gasteiger partial charge is 0.284 e. The highest BCUT2D eigenvalue weighted by atomic mass is 28.2. The second-order valence-electron chi connectivity index (χ2n) is 2.99. The van der Waals surface area contributed by atoms with Gasteiger partial charge < -0.3 is 0 Å². The molecular weight excluding hydrogens is 176 g/mol. The molecule has 60 valence electrons. The van der Waals surface area contributed by atoms with Gasteiger partial charge >= 0.3 is 0 Å². The Hall–Kier alpha value is -1.48. The molecule has 0 aromatic heterocycles. The molecule has 0 bridgehead atoms. The molecule has 3 heteroatoms. The van der Waals surface area contributed by atoms with E-state index < -0.39 is 0 Å². The van der Waals surface area contributed by atoms with E-state index in [9.17, 15) is 0 Å². The Labute approximate surface area is 78.2 Å². The highest BCUT2D eigenvalue weighted by molar-refractivity contribution is 6.58. The molecule has 0 aliphatic carbocycles. The first-order valence-electron chi connectivity index (χ1n) is 4.14. The maximum atomic E-state index is 4.09. The molecule has 1 heterocycles. The van der Waals surface area contributed by atoms with Crippen molar-refractivity contribution in [3.05, 3.63) is 36.4 Å². The van der Waals surface area contributed by atoms with Crippen molar-refractivity contribution >= 4 is 31.3 Å². The molecular formula is C10H6N2Si. The van der Waals surface area contributed by atoms with Gasteiger partial charge in [-0.05, 0) is 22.0 Å². The fourth-order valence-electron chi connectivity index (χ4n) is 1.59. The zero-order valence-corrected chi connectivity index (χ0v) is 7.86. The summed E-state index contributed by atoms with van der Waals surface area (Å²) in [5.41, 5.74) is 1.04. The topological polar surface area (TPSA) is 24.7 Å². The average molecular weight is 182 g/mol. The lowest BCUT2D eigenvalue weighted by Gasteiger charge is -2.00. The lowest BCUT2D eigenvalue weighted by atomic mass is 10.1. The summed E-state index contributed by atoms with van der Waals surface area (Å²) in [7, 11) is 0.492. The van der Waals surface area contributed by atoms with E-state index in [4.69, 9.17) is 0 Å². The third kappa shape index (κ3) is 0.938. The standard InChI is InChI=1S/C10H6N2Si/c1-2-4-8-7(3-1)5-6-9-10(8)13-12-11-9/h1-6H. The Bertz CT molecular complexity index is 505. The lowest BCUT2D eigenvalue weighted by molar-refractivity contribution is 1.37. The van der Waals surface area contributed by atoms with Crippen LogP contribution in [0.1, 0.15) is 0 Å². The Balaban J connectivity index is 2.46. The van der Waals surface area contributed by atoms with E-state index in [2.05, 4.69) is 40.2 Å². The first-order valence-corrected chi connectivity index (χ1v) is 5.08. The van der Waals surface area contributed by atoms with Gasteiger partial charge in [-0.3, -0.25) is 0 Å². The fourth-order valence-corrected chi connectivity index (χ4v) is 2.44. The van der Waals surface area contributed by atoms with Crippen LogP contribution in [0.15, 0.2) is 46.3 Å². The molecule has 1 aliphatic rings. The molecule has 13 heavy (non-hydrogen) atoms. The van der Waals surface area contributed by atoms with Gasteiger partial charge in [0.15, 0.2) is 0 Å². The second-order valence-corrected chi connectivity index (χ2v) is 3.92. The summed E-state index contributed by atoms with van der Waals surface area (Å²) in [6.07, 6.45) is 0. The second kappa shape index (κ2) is 2.50. The highest BCUT2D eigenvalue weighted by Gasteiger charge is 2.12. The summed E-state index contributed by atoms with van der Waals surface area (Å²) in [6.45, 7) is 0. The van der Waals surface area contributed by atoms with Gasteiger partial charge in [0.05, 0.1) is 5.69 Å². The number of hydrogen-bond acceptors (Lipinski definition) is 2. The van der Waals surface area contributed by atoms with Gasteiger partial charge in [-0.15, -0.1) is 0 Å². The monoisotopic (exact) mass is 182 g/mol. The third-order valence-corrected chi connectivity index (χ3v) is 3.18. The van der Waals surface area contributed by atoms with Gasteiger partial charge in [0.25, 0.3) is 9.68 Å². The molecule has 2 aromatic carbocycles. The van der Waals surface area contributed by atoms with Crippen molar-refractivity contribution < 1.29 is 0 Å². The number of nitrogens with zero attached hydrogens (tertiary/aromatic N) is 2. The quantitative estimate of drug-likeness (QED) is 0.558. The smallest absolute Gasteiger partial charge is 0.229 e. The summed E-state index contributed by atoms with van der Waals surface area (Å²) >= 11 is 0. The van der Waals surface area contributed by atoms with E-state index in [1.807, 2.05) is 6.07 Å². The summed E-state index contributed by atoms with van der Waals surface area (Å²) < 4.78 is 4.05. The first kappa shape index (κ1) is 6.97. The van der Waals surface area contributed by atoms with Crippen molar-refractivity contribution in [2.45, 2.75) is 0 Å². The van der Waals surface area contributed by atoms with E-state index in [1.54, 1.807) is 0 Å². The van der Waals surface area contributed by atoms with Crippen molar-refractivity contribution in [2.75, 3.05) is 0 Å². The molecule has 0 N–H and O–H groups in total. The maximum absolute atomic E-state index is 4.09. The molecule has 1 aliphatic heterocycles. The van der Waals surface area contributed by atoms with Crippen LogP contribution in [0.25, 0.3) is 10.8 Å². The molecule has 0 unspecified atom stereocenters. The molecule has 2 aromatic rings. The van der Waals surface area contributed by atoms with Gasteiger partial charge in [0.1, 0.15) is 0 Å². The normalized spacial score (nSPS) is 13.5. The third-order valence-electron chi connectivity index (χ3n) is 2.23. The van der Waals surface area contributed by atoms with Crippen LogP contribution in [-0.2, 0) is 0 Å². The zero-order chi connectivity index (χ0) is 8.67. The molecule has 0 fully saturated rings. The van der Waals surface area contributed by atoms with Crippen LogP contribution in [0.3, 0.4) is 0 Å². The van der Waals surface area contributed by atoms with Gasteiger partial charge in [-0.25, -0.2) is 4.78 Å². The number of hydrogen-bond donors (Lipinski definition) is 0. The summed E-state index contributed by atoms with van der Waals surface area (Å²) in [5, 5.41) is 7.95. The van der Waals surface area contributed by atoms with Crippen molar-refractivity contribution in [2.24, 2.45) is 9.89 Å². The number of fused-ring (bicyclic) bond motifs is 3. The Morgan fingerprint density at radius 2 is 1.92 bits per heavy atom. The van der Waals surface area contributed by atoms with Crippen LogP contribution >= 0.6 is 0 Å². The Morgan fingerprint density at radius 3 is 2.92 bits per heavy atom. The van der Waals surface area contributed by atoms with Crippen molar-refractivity contribution in [3.8, 4) is 0 Å². The van der Waals surface area contributed by atoms with Crippen LogP contribution in [0.5, 0.6) is 0 Å². The highest BCUT2D eigenvalue weighted by Crippen LogP contribution is 2.21. The van der Waals surface area contributed by atoms with E-state index in [0.29, 0.717) is 9.68 Å². The molecule has 3 rings (SSSR count). The number of benzene rings is 2. The van der Waals surface area contributed by atoms with Crippen LogP contribution in [0.2, 0.25) is 0 Å². The minimum Gasteiger partial charge on any atom is -0.229 e. The van der Waals surface area contributed by atoms with Crippen LogP contribution in [0.4, 0.5) is 5.69 Å². The predicted octanol–water partition coefficient (Wildman–Crippen LogP) is 2.18. The fraction of sp³-hybridized carbons (Fsp3) is 0. The summed E-state index contributed by atoms with van der Waals surface area (Å²) in [5.74, 6) is 0. The van der Waals surface area contributed by atoms with Crippen molar-refractivity contribution in [3.63, 3.8) is 0 Å². The number of rotatable bonds is 0. The van der Waals surface area contributed by atoms with E-state index in [0.717, 1.165) is 5.69 Å². The van der Waals surface area contributed by atoms with Gasteiger partial charge in [0, 0.05) is 0 Å². The van der Waals surface area contributed by atoms with E-state index in [-0.39, 0.29) is 0 Å². The first-order chi connectivity index (χ1) is 6.45. The molecule has 2 nitrogen and oxygen atoms in total. The summed E-state index contributed by atoms with van der Waals surface area (Å²) in [4.78, 5) is 0. The Kier molecular flexibility index (Phi) is 1.34. The minimum atomic E-state index is 0.492. The Morgan fingerprint density at radius 1 is 1.00 bits per heavy atom. The molecule has 0 saturated heterocycles. The molecule has 0 saturated carbocycles. The molecule has 0 spiro atoms. The van der Waals surface area contributed by atoms with Gasteiger partial charge in [0.2, 0.25) is 0 Å². The lowest BCUT2D eigenvalue weighted by Crippen LogP contribution is -2.09. The zero-order valence-electron chi connectivity index (χ0n) is 6.86. The maximum Gasteiger partial charge on any atom is 0.284 e. The van der Waals surface area contributed by atoms with Crippen molar-refractivity contribution in [1.82, 2.24) is 0 Å². The van der Waals surface area contributed by atoms with E-state index in [1.165, 1.54) is 16.0 Å². The SMILES string of the molecule is c1ccc2c3c(ccc2c1)N=N[Si]3. The summed E-state index contributed by atoms with van der Waals surface area (Å²) in [6, 6.07) is 12.5. The average Bonchev–Trinajstić information content (AvgIpc) is 2.65. The minimum absolute atomic E-state index is 0.492. The van der Waals surface area contributed by atoms with Crippen LogP contribution in [0, 0.1) is 0 Å². The molecule has 0 atom stereocenters. The van der Waals surface area contributed by atoms with Crippen LogP contribution in [-0.4, -0.2) is 9.68 Å². The molecule has 2 radical (unpaired) electrons. The van der Waals surface area contributed by atoms with Crippen LogP contribution < -0.4 is 5.19 Å². The van der Waals surface area contributed by atoms with Gasteiger partial charge in [-0.1, -0.05) is 30.3 Å². The van der Waals surface area contributed by atoms with Gasteiger partial charge in [-0.2, -0.15) is 5.11 Å². The molecule has 0 amide bonds. The predicted molar refractivity (Wildman–Crippen MR) is 53.9 cm³/mol. The van der Waals surface area contributed by atoms with E-state index >= 15 is 0 Å².